The summed E-state index contributed by atoms with van der Waals surface area (Å²) in [6.07, 6.45) is 5.34. The molecular weight excluding hydrogens is 247 g/mol. The van der Waals surface area contributed by atoms with Gasteiger partial charge in [-0.2, -0.15) is 0 Å². The molecule has 0 aliphatic carbocycles. The highest BCUT2D eigenvalue weighted by molar-refractivity contribution is 9.09. The minimum Gasteiger partial charge on any atom is -0.122 e. The Morgan fingerprint density at radius 2 is 2.23 bits per heavy atom. The van der Waals surface area contributed by atoms with Crippen molar-refractivity contribution in [3.05, 3.63) is 41.5 Å². The second-order valence-corrected chi connectivity index (χ2v) is 3.82. The zero-order valence-electron chi connectivity index (χ0n) is 7.34. The smallest absolute Gasteiger partial charge is 0.0474 e. The van der Waals surface area contributed by atoms with Crippen LogP contribution in [0.15, 0.2) is 30.3 Å². The first-order valence-electron chi connectivity index (χ1n) is 4.24. The summed E-state index contributed by atoms with van der Waals surface area (Å²) in [5.74, 6) is 0.583. The molecule has 0 amide bonds. The van der Waals surface area contributed by atoms with E-state index >= 15 is 0 Å². The van der Waals surface area contributed by atoms with E-state index < -0.39 is 0 Å². The predicted octanol–water partition coefficient (Wildman–Crippen LogP) is 4.22. The second-order valence-electron chi connectivity index (χ2n) is 2.76. The van der Waals surface area contributed by atoms with Gasteiger partial charge >= 0.3 is 0 Å². The summed E-state index contributed by atoms with van der Waals surface area (Å²) >= 11 is 9.11. The molecule has 0 saturated heterocycles. The number of allylic oxidation sites excluding steroid dienone is 1. The zero-order valence-corrected chi connectivity index (χ0v) is 9.68. The van der Waals surface area contributed by atoms with E-state index in [1.165, 1.54) is 11.1 Å². The van der Waals surface area contributed by atoms with Crippen molar-refractivity contribution in [2.75, 3.05) is 5.33 Å². The minimum atomic E-state index is 0.583. The largest absolute Gasteiger partial charge is 0.122 e. The van der Waals surface area contributed by atoms with Gasteiger partial charge < -0.3 is 0 Å². The number of benzene rings is 1. The molecule has 13 heavy (non-hydrogen) atoms. The first kappa shape index (κ1) is 10.8. The third-order valence-electron chi connectivity index (χ3n) is 1.69. The molecule has 0 aliphatic heterocycles. The molecule has 0 heterocycles. The summed E-state index contributed by atoms with van der Waals surface area (Å²) in [6, 6.07) is 8.26. The van der Waals surface area contributed by atoms with Gasteiger partial charge in [0.2, 0.25) is 0 Å². The van der Waals surface area contributed by atoms with E-state index in [-0.39, 0.29) is 0 Å². The highest BCUT2D eigenvalue weighted by atomic mass is 79.9. The highest BCUT2D eigenvalue weighted by Gasteiger charge is 1.90. The Labute approximate surface area is 92.7 Å². The molecule has 0 bridgehead atoms. The summed E-state index contributed by atoms with van der Waals surface area (Å²) < 4.78 is 0. The lowest BCUT2D eigenvalue weighted by Crippen LogP contribution is -1.78. The Kier molecular flexibility index (Phi) is 5.18. The Bertz CT molecular complexity index is 281. The first-order chi connectivity index (χ1) is 6.36. The van der Waals surface area contributed by atoms with Crippen molar-refractivity contribution in [3.8, 4) is 0 Å². The third-order valence-corrected chi connectivity index (χ3v) is 2.46. The normalized spacial score (nSPS) is 10.9. The van der Waals surface area contributed by atoms with Gasteiger partial charge in [0.25, 0.3) is 0 Å². The van der Waals surface area contributed by atoms with E-state index in [9.17, 15) is 0 Å². The molecule has 1 aromatic carbocycles. The number of halogens is 2. The Hall–Kier alpha value is -0.270. The Morgan fingerprint density at radius 3 is 2.92 bits per heavy atom. The van der Waals surface area contributed by atoms with Crippen molar-refractivity contribution in [1.82, 2.24) is 0 Å². The molecule has 0 aromatic heterocycles. The molecule has 2 heteroatoms. The standard InChI is InChI=1S/C11H12BrCl/c12-7-2-1-4-10-5-3-6-11(8-10)9-13/h1,3-6,8H,2,7,9H2. The maximum Gasteiger partial charge on any atom is 0.0474 e. The minimum absolute atomic E-state index is 0.583. The molecule has 0 saturated carbocycles. The Balaban J connectivity index is 2.66. The summed E-state index contributed by atoms with van der Waals surface area (Å²) in [5.41, 5.74) is 2.39. The van der Waals surface area contributed by atoms with E-state index in [0.29, 0.717) is 5.88 Å². The van der Waals surface area contributed by atoms with Crippen LogP contribution in [0.5, 0.6) is 0 Å². The first-order valence-corrected chi connectivity index (χ1v) is 5.90. The molecule has 0 atom stereocenters. The number of rotatable bonds is 4. The van der Waals surface area contributed by atoms with E-state index in [1.807, 2.05) is 12.1 Å². The fraction of sp³-hybridized carbons (Fsp3) is 0.273. The van der Waals surface area contributed by atoms with Crippen LogP contribution in [0.1, 0.15) is 17.5 Å². The predicted molar refractivity (Wildman–Crippen MR) is 63.4 cm³/mol. The van der Waals surface area contributed by atoms with Gasteiger partial charge in [0.15, 0.2) is 0 Å². The van der Waals surface area contributed by atoms with Crippen LogP contribution in [-0.2, 0) is 5.88 Å². The van der Waals surface area contributed by atoms with Gasteiger partial charge in [-0.25, -0.2) is 0 Å². The van der Waals surface area contributed by atoms with E-state index in [2.05, 4.69) is 40.2 Å². The average Bonchev–Trinajstić information content (AvgIpc) is 2.19. The van der Waals surface area contributed by atoms with Gasteiger partial charge in [0, 0.05) is 11.2 Å². The van der Waals surface area contributed by atoms with Crippen molar-refractivity contribution in [3.63, 3.8) is 0 Å². The molecule has 70 valence electrons. The van der Waals surface area contributed by atoms with Gasteiger partial charge in [-0.1, -0.05) is 52.3 Å². The molecule has 0 fully saturated rings. The van der Waals surface area contributed by atoms with E-state index in [0.717, 1.165) is 11.8 Å². The van der Waals surface area contributed by atoms with Crippen LogP contribution < -0.4 is 0 Å². The lowest BCUT2D eigenvalue weighted by Gasteiger charge is -1.96. The molecule has 0 aliphatic rings. The molecule has 1 aromatic rings. The SMILES string of the molecule is ClCc1cccc(C=CCCBr)c1. The summed E-state index contributed by atoms with van der Waals surface area (Å²) in [7, 11) is 0. The van der Waals surface area contributed by atoms with Gasteiger partial charge in [0.1, 0.15) is 0 Å². The maximum absolute atomic E-state index is 5.73. The maximum atomic E-state index is 5.73. The molecule has 0 nitrogen and oxygen atoms in total. The van der Waals surface area contributed by atoms with Crippen molar-refractivity contribution < 1.29 is 0 Å². The fourth-order valence-electron chi connectivity index (χ4n) is 1.06. The zero-order chi connectivity index (χ0) is 9.52. The summed E-state index contributed by atoms with van der Waals surface area (Å²) in [4.78, 5) is 0. The summed E-state index contributed by atoms with van der Waals surface area (Å²) in [6.45, 7) is 0. The molecule has 0 N–H and O–H groups in total. The molecule has 0 spiro atoms. The van der Waals surface area contributed by atoms with Gasteiger partial charge in [-0.05, 0) is 17.5 Å². The quantitative estimate of drug-likeness (QED) is 0.710. The second kappa shape index (κ2) is 6.22. The van der Waals surface area contributed by atoms with Crippen molar-refractivity contribution >= 4 is 33.6 Å². The van der Waals surface area contributed by atoms with Crippen LogP contribution in [0.3, 0.4) is 0 Å². The van der Waals surface area contributed by atoms with Crippen LogP contribution in [0, 0.1) is 0 Å². The van der Waals surface area contributed by atoms with Crippen LogP contribution in [0.25, 0.3) is 6.08 Å². The number of hydrogen-bond acceptors (Lipinski definition) is 0. The molecule has 1 rings (SSSR count). The molecule has 0 radical (unpaired) electrons. The number of hydrogen-bond donors (Lipinski definition) is 0. The molecule has 0 unspecified atom stereocenters. The summed E-state index contributed by atoms with van der Waals surface area (Å²) in [5, 5.41) is 1.01. The lowest BCUT2D eigenvalue weighted by molar-refractivity contribution is 1.27. The van der Waals surface area contributed by atoms with Gasteiger partial charge in [0.05, 0.1) is 0 Å². The van der Waals surface area contributed by atoms with Crippen LogP contribution in [0.2, 0.25) is 0 Å². The monoisotopic (exact) mass is 258 g/mol. The highest BCUT2D eigenvalue weighted by Crippen LogP contribution is 2.09. The fourth-order valence-corrected chi connectivity index (χ4v) is 1.49. The van der Waals surface area contributed by atoms with Crippen LogP contribution in [-0.4, -0.2) is 5.33 Å². The lowest BCUT2D eigenvalue weighted by atomic mass is 10.1. The molecular formula is C11H12BrCl. The van der Waals surface area contributed by atoms with Crippen LogP contribution >= 0.6 is 27.5 Å². The van der Waals surface area contributed by atoms with E-state index in [1.54, 1.807) is 0 Å². The Morgan fingerprint density at radius 1 is 1.38 bits per heavy atom. The van der Waals surface area contributed by atoms with Gasteiger partial charge in [-0.15, -0.1) is 11.6 Å². The van der Waals surface area contributed by atoms with E-state index in [4.69, 9.17) is 11.6 Å². The van der Waals surface area contributed by atoms with Crippen molar-refractivity contribution in [2.24, 2.45) is 0 Å². The van der Waals surface area contributed by atoms with Gasteiger partial charge in [-0.3, -0.25) is 0 Å². The number of alkyl halides is 2. The van der Waals surface area contributed by atoms with Crippen molar-refractivity contribution in [2.45, 2.75) is 12.3 Å². The van der Waals surface area contributed by atoms with Crippen molar-refractivity contribution in [1.29, 1.82) is 0 Å². The topological polar surface area (TPSA) is 0 Å². The van der Waals surface area contributed by atoms with Crippen LogP contribution in [0.4, 0.5) is 0 Å². The average molecular weight is 260 g/mol. The third kappa shape index (κ3) is 3.97.